The Morgan fingerprint density at radius 3 is 2.91 bits per heavy atom. The SMILES string of the molecule is Oc1cccc2nnn(O)c12. The van der Waals surface area contributed by atoms with Crippen LogP contribution in [0.3, 0.4) is 0 Å². The van der Waals surface area contributed by atoms with E-state index in [-0.39, 0.29) is 11.3 Å². The first-order valence-electron chi connectivity index (χ1n) is 3.01. The number of phenolic OH excluding ortho intramolecular Hbond substituents is 1. The zero-order chi connectivity index (χ0) is 7.84. The molecule has 0 unspecified atom stereocenters. The molecule has 0 aliphatic carbocycles. The van der Waals surface area contributed by atoms with Crippen molar-refractivity contribution in [2.24, 2.45) is 0 Å². The summed E-state index contributed by atoms with van der Waals surface area (Å²) >= 11 is 0. The molecule has 2 rings (SSSR count). The topological polar surface area (TPSA) is 71.2 Å². The van der Waals surface area contributed by atoms with Crippen LogP contribution in [0, 0.1) is 0 Å². The van der Waals surface area contributed by atoms with E-state index in [1.54, 1.807) is 12.1 Å². The van der Waals surface area contributed by atoms with Crippen molar-refractivity contribution in [3.8, 4) is 5.75 Å². The molecule has 2 aromatic rings. The minimum Gasteiger partial charge on any atom is -0.505 e. The van der Waals surface area contributed by atoms with Crippen LogP contribution in [0.5, 0.6) is 5.75 Å². The normalized spacial score (nSPS) is 10.5. The summed E-state index contributed by atoms with van der Waals surface area (Å²) in [7, 11) is 0. The van der Waals surface area contributed by atoms with Crippen molar-refractivity contribution in [1.29, 1.82) is 0 Å². The van der Waals surface area contributed by atoms with Gasteiger partial charge in [-0.15, -0.1) is 5.10 Å². The van der Waals surface area contributed by atoms with Gasteiger partial charge < -0.3 is 10.3 Å². The zero-order valence-electron chi connectivity index (χ0n) is 5.47. The van der Waals surface area contributed by atoms with Crippen LogP contribution in [0.15, 0.2) is 18.2 Å². The highest BCUT2D eigenvalue weighted by Crippen LogP contribution is 2.20. The Kier molecular flexibility index (Phi) is 1.00. The van der Waals surface area contributed by atoms with E-state index in [1.807, 2.05) is 0 Å². The summed E-state index contributed by atoms with van der Waals surface area (Å²) < 4.78 is 0. The molecular weight excluding hydrogens is 146 g/mol. The predicted octanol–water partition coefficient (Wildman–Crippen LogP) is 0.374. The molecule has 5 nitrogen and oxygen atoms in total. The molecule has 5 heteroatoms. The fourth-order valence-corrected chi connectivity index (χ4v) is 0.940. The van der Waals surface area contributed by atoms with Gasteiger partial charge in [-0.2, -0.15) is 0 Å². The van der Waals surface area contributed by atoms with Crippen LogP contribution in [0.4, 0.5) is 0 Å². The number of aromatic hydroxyl groups is 1. The number of para-hydroxylation sites is 1. The van der Waals surface area contributed by atoms with Gasteiger partial charge >= 0.3 is 0 Å². The van der Waals surface area contributed by atoms with E-state index in [2.05, 4.69) is 10.3 Å². The van der Waals surface area contributed by atoms with E-state index in [1.165, 1.54) is 6.07 Å². The zero-order valence-corrected chi connectivity index (χ0v) is 5.47. The first-order chi connectivity index (χ1) is 5.29. The van der Waals surface area contributed by atoms with Gasteiger partial charge in [-0.1, -0.05) is 10.9 Å². The molecule has 11 heavy (non-hydrogen) atoms. The minimum absolute atomic E-state index is 0.0324. The van der Waals surface area contributed by atoms with Gasteiger partial charge in [0.25, 0.3) is 0 Å². The molecule has 1 heterocycles. The Morgan fingerprint density at radius 1 is 1.36 bits per heavy atom. The third-order valence-corrected chi connectivity index (χ3v) is 1.43. The maximum absolute atomic E-state index is 9.18. The number of fused-ring (bicyclic) bond motifs is 1. The molecule has 2 N–H and O–H groups in total. The van der Waals surface area contributed by atoms with Crippen LogP contribution in [0.25, 0.3) is 11.0 Å². The third-order valence-electron chi connectivity index (χ3n) is 1.43. The third kappa shape index (κ3) is 0.706. The quantitative estimate of drug-likeness (QED) is 0.534. The first kappa shape index (κ1) is 5.96. The Morgan fingerprint density at radius 2 is 2.18 bits per heavy atom. The molecular formula is C6H5N3O2. The summed E-state index contributed by atoms with van der Waals surface area (Å²) in [4.78, 5) is 0.546. The fraction of sp³-hybridized carbons (Fsp3) is 0. The van der Waals surface area contributed by atoms with E-state index < -0.39 is 0 Å². The predicted molar refractivity (Wildman–Crippen MR) is 36.4 cm³/mol. The highest BCUT2D eigenvalue weighted by molar-refractivity contribution is 5.80. The standard InChI is InChI=1S/C6H5N3O2/c10-5-3-1-2-4-6(5)9(11)8-7-4/h1-3,10-11H. The fourth-order valence-electron chi connectivity index (χ4n) is 0.940. The minimum atomic E-state index is -0.0324. The lowest BCUT2D eigenvalue weighted by atomic mass is 10.3. The molecule has 0 saturated heterocycles. The average molecular weight is 151 g/mol. The molecule has 0 fully saturated rings. The van der Waals surface area contributed by atoms with Crippen LogP contribution in [0.1, 0.15) is 0 Å². The summed E-state index contributed by atoms with van der Waals surface area (Å²) in [6.45, 7) is 0. The second-order valence-electron chi connectivity index (χ2n) is 2.12. The summed E-state index contributed by atoms with van der Waals surface area (Å²) in [5, 5.41) is 25.1. The molecule has 1 aromatic carbocycles. The molecule has 0 atom stereocenters. The van der Waals surface area contributed by atoms with E-state index in [4.69, 9.17) is 5.21 Å². The van der Waals surface area contributed by atoms with Crippen molar-refractivity contribution in [3.63, 3.8) is 0 Å². The van der Waals surface area contributed by atoms with Gasteiger partial charge in [-0.3, -0.25) is 0 Å². The van der Waals surface area contributed by atoms with Gasteiger partial charge in [0.15, 0.2) is 5.52 Å². The van der Waals surface area contributed by atoms with Crippen LogP contribution in [0.2, 0.25) is 0 Å². The maximum Gasteiger partial charge on any atom is 0.172 e. The van der Waals surface area contributed by atoms with Crippen LogP contribution in [-0.4, -0.2) is 25.5 Å². The maximum atomic E-state index is 9.18. The monoisotopic (exact) mass is 151 g/mol. The summed E-state index contributed by atoms with van der Waals surface area (Å²) in [6.07, 6.45) is 0. The lowest BCUT2D eigenvalue weighted by Crippen LogP contribution is -1.91. The van der Waals surface area contributed by atoms with Gasteiger partial charge in [-0.25, -0.2) is 0 Å². The molecule has 1 aromatic heterocycles. The number of nitrogens with zero attached hydrogens (tertiary/aromatic N) is 3. The average Bonchev–Trinajstić information content (AvgIpc) is 2.34. The second kappa shape index (κ2) is 1.85. The number of rotatable bonds is 0. The van der Waals surface area contributed by atoms with Gasteiger partial charge in [0.2, 0.25) is 0 Å². The van der Waals surface area contributed by atoms with Crippen molar-refractivity contribution >= 4 is 11.0 Å². The van der Waals surface area contributed by atoms with E-state index in [0.29, 0.717) is 10.4 Å². The van der Waals surface area contributed by atoms with Crippen LogP contribution in [-0.2, 0) is 0 Å². The van der Waals surface area contributed by atoms with Crippen molar-refractivity contribution in [2.45, 2.75) is 0 Å². The van der Waals surface area contributed by atoms with Gasteiger partial charge in [0.05, 0.1) is 0 Å². The van der Waals surface area contributed by atoms with Crippen molar-refractivity contribution < 1.29 is 10.3 Å². The van der Waals surface area contributed by atoms with Crippen LogP contribution >= 0.6 is 0 Å². The van der Waals surface area contributed by atoms with Crippen molar-refractivity contribution in [1.82, 2.24) is 15.2 Å². The number of phenols is 1. The molecule has 0 aliphatic rings. The van der Waals surface area contributed by atoms with Gasteiger partial charge in [0.1, 0.15) is 11.3 Å². The number of benzene rings is 1. The molecule has 0 spiro atoms. The Bertz CT molecular complexity index is 396. The molecule has 0 radical (unpaired) electrons. The van der Waals surface area contributed by atoms with Gasteiger partial charge in [-0.05, 0) is 17.3 Å². The highest BCUT2D eigenvalue weighted by Gasteiger charge is 2.06. The summed E-state index contributed by atoms with van der Waals surface area (Å²) in [5.41, 5.74) is 0.694. The Balaban J connectivity index is 2.96. The number of hydrogen-bond acceptors (Lipinski definition) is 4. The van der Waals surface area contributed by atoms with Crippen molar-refractivity contribution in [2.75, 3.05) is 0 Å². The van der Waals surface area contributed by atoms with E-state index >= 15 is 0 Å². The molecule has 0 bridgehead atoms. The lowest BCUT2D eigenvalue weighted by Gasteiger charge is -1.92. The van der Waals surface area contributed by atoms with E-state index in [0.717, 1.165) is 0 Å². The van der Waals surface area contributed by atoms with E-state index in [9.17, 15) is 5.11 Å². The summed E-state index contributed by atoms with van der Waals surface area (Å²) in [6, 6.07) is 4.74. The van der Waals surface area contributed by atoms with Crippen LogP contribution < -0.4 is 0 Å². The molecule has 0 amide bonds. The van der Waals surface area contributed by atoms with Crippen molar-refractivity contribution in [3.05, 3.63) is 18.2 Å². The molecule has 0 aliphatic heterocycles. The largest absolute Gasteiger partial charge is 0.505 e. The molecule has 0 saturated carbocycles. The molecule has 56 valence electrons. The number of aromatic nitrogens is 3. The Hall–Kier alpha value is -1.78. The first-order valence-corrected chi connectivity index (χ1v) is 3.01. The smallest absolute Gasteiger partial charge is 0.172 e. The highest BCUT2D eigenvalue weighted by atomic mass is 16.5. The number of hydrogen-bond donors (Lipinski definition) is 2. The lowest BCUT2D eigenvalue weighted by molar-refractivity contribution is 0.153. The Labute approximate surface area is 61.5 Å². The van der Waals surface area contributed by atoms with Gasteiger partial charge in [0, 0.05) is 0 Å². The second-order valence-corrected chi connectivity index (χ2v) is 2.12. The summed E-state index contributed by atoms with van der Waals surface area (Å²) in [5.74, 6) is -0.0324.